The molecule has 51 heavy (non-hydrogen) atoms. The number of methoxy groups -OCH3 is 1. The molecule has 0 bridgehead atoms. The molecule has 1 aliphatic rings. The first kappa shape index (κ1) is 59.2. The van der Waals surface area contributed by atoms with Crippen LogP contribution in [0.5, 0.6) is 0 Å². The van der Waals surface area contributed by atoms with Gasteiger partial charge >= 0.3 is 0 Å². The summed E-state index contributed by atoms with van der Waals surface area (Å²) in [6, 6.07) is 0. The highest BCUT2D eigenvalue weighted by molar-refractivity contribution is 5.83. The van der Waals surface area contributed by atoms with Crippen molar-refractivity contribution in [3.8, 4) is 12.8 Å². The maximum atomic E-state index is 12.7. The molecule has 2 unspecified atom stereocenters. The Labute approximate surface area is 326 Å². The van der Waals surface area contributed by atoms with Crippen molar-refractivity contribution in [2.24, 2.45) is 23.2 Å². The number of terminal acetylenes is 1. The fourth-order valence-electron chi connectivity index (χ4n) is 6.34. The molecule has 1 saturated carbocycles. The van der Waals surface area contributed by atoms with Crippen LogP contribution >= 0.6 is 0 Å². The average Bonchev–Trinajstić information content (AvgIpc) is 3.94. The number of unbranched alkanes of at least 4 members (excludes halogenated alkanes) is 16. The molecule has 1 rings (SSSR count). The van der Waals surface area contributed by atoms with Gasteiger partial charge in [0.2, 0.25) is 0 Å². The predicted octanol–water partition coefficient (Wildman–Crippen LogP) is 17.2. The van der Waals surface area contributed by atoms with Crippen molar-refractivity contribution in [3.63, 3.8) is 0 Å². The molecular weight excluding hydrogens is 621 g/mol. The third-order valence-electron chi connectivity index (χ3n) is 10.0. The van der Waals surface area contributed by atoms with Crippen molar-refractivity contribution < 1.29 is 9.53 Å². The van der Waals surface area contributed by atoms with Gasteiger partial charge in [-0.1, -0.05) is 223 Å². The number of carbonyl (C=O) groups is 1. The van der Waals surface area contributed by atoms with Crippen LogP contribution in [0.4, 0.5) is 0 Å². The van der Waals surface area contributed by atoms with Crippen molar-refractivity contribution in [1.29, 1.82) is 0 Å². The summed E-state index contributed by atoms with van der Waals surface area (Å²) >= 11 is 0. The van der Waals surface area contributed by atoms with E-state index in [1.807, 2.05) is 27.7 Å². The Bertz CT molecular complexity index is 659. The van der Waals surface area contributed by atoms with Gasteiger partial charge < -0.3 is 4.74 Å². The SMILES string of the molecule is C#C.C=C(C)C(C)(C)CCCCC.CC.CC.CCC.CCCCCCCCC(CCCCCCCC)C1CC1C(=O)CCCCCCCOC. The van der Waals surface area contributed by atoms with Crippen molar-refractivity contribution in [2.45, 2.75) is 250 Å². The topological polar surface area (TPSA) is 26.3 Å². The lowest BCUT2D eigenvalue weighted by Gasteiger charge is -2.24. The van der Waals surface area contributed by atoms with Crippen LogP contribution in [0.25, 0.3) is 0 Å². The normalized spacial score (nSPS) is 14.1. The molecular formula is C49H100O2. The summed E-state index contributed by atoms with van der Waals surface area (Å²) in [6.45, 7) is 30.7. The van der Waals surface area contributed by atoms with Gasteiger partial charge in [0.05, 0.1) is 0 Å². The summed E-state index contributed by atoms with van der Waals surface area (Å²) in [5.41, 5.74) is 1.67. The molecule has 308 valence electrons. The third kappa shape index (κ3) is 43.2. The fraction of sp³-hybridized carbons (Fsp3) is 0.898. The van der Waals surface area contributed by atoms with Crippen LogP contribution in [0, 0.1) is 36.0 Å². The number of allylic oxidation sites excluding steroid dienone is 1. The minimum Gasteiger partial charge on any atom is -0.385 e. The monoisotopic (exact) mass is 721 g/mol. The van der Waals surface area contributed by atoms with E-state index in [9.17, 15) is 4.79 Å². The molecule has 2 nitrogen and oxygen atoms in total. The van der Waals surface area contributed by atoms with Crippen molar-refractivity contribution in [1.82, 2.24) is 0 Å². The zero-order valence-corrected chi connectivity index (χ0v) is 38.0. The lowest BCUT2D eigenvalue weighted by atomic mass is 9.81. The number of ketones is 1. The number of hydrogen-bond donors (Lipinski definition) is 0. The average molecular weight is 721 g/mol. The van der Waals surface area contributed by atoms with E-state index in [2.05, 4.69) is 74.8 Å². The second-order valence-corrected chi connectivity index (χ2v) is 15.2. The molecule has 0 amide bonds. The minimum absolute atomic E-state index is 0.356. The summed E-state index contributed by atoms with van der Waals surface area (Å²) in [4.78, 5) is 12.7. The molecule has 2 atom stereocenters. The predicted molar refractivity (Wildman–Crippen MR) is 237 cm³/mol. The molecule has 0 aromatic rings. The largest absolute Gasteiger partial charge is 0.385 e. The Morgan fingerprint density at radius 3 is 1.45 bits per heavy atom. The van der Waals surface area contributed by atoms with Gasteiger partial charge in [-0.05, 0) is 49.9 Å². The number of carbonyl (C=O) groups excluding carboxylic acids is 1. The van der Waals surface area contributed by atoms with E-state index in [0.717, 1.165) is 37.7 Å². The molecule has 2 heteroatoms. The van der Waals surface area contributed by atoms with E-state index in [1.54, 1.807) is 7.11 Å². The van der Waals surface area contributed by atoms with Gasteiger partial charge in [0.25, 0.3) is 0 Å². The van der Waals surface area contributed by atoms with Crippen LogP contribution in [0.15, 0.2) is 12.2 Å². The van der Waals surface area contributed by atoms with Gasteiger partial charge in [0, 0.05) is 26.1 Å². The molecule has 0 spiro atoms. The first-order valence-corrected chi connectivity index (χ1v) is 22.7. The van der Waals surface area contributed by atoms with E-state index in [1.165, 1.54) is 153 Å². The number of Topliss-reactive ketones (excluding diaryl/α,β-unsaturated/α-hetero) is 1. The van der Waals surface area contributed by atoms with Gasteiger partial charge in [0.15, 0.2) is 0 Å². The van der Waals surface area contributed by atoms with Gasteiger partial charge in [-0.3, -0.25) is 4.79 Å². The first-order valence-electron chi connectivity index (χ1n) is 22.7. The second-order valence-electron chi connectivity index (χ2n) is 15.2. The van der Waals surface area contributed by atoms with Gasteiger partial charge in [-0.15, -0.1) is 12.8 Å². The lowest BCUT2D eigenvalue weighted by Crippen LogP contribution is -2.11. The summed E-state index contributed by atoms with van der Waals surface area (Å²) in [7, 11) is 1.77. The van der Waals surface area contributed by atoms with Crippen LogP contribution in [0.1, 0.15) is 250 Å². The highest BCUT2D eigenvalue weighted by Gasteiger charge is 2.45. The van der Waals surface area contributed by atoms with Gasteiger partial charge in [-0.25, -0.2) is 0 Å². The highest BCUT2D eigenvalue weighted by Crippen LogP contribution is 2.49. The molecule has 0 aliphatic heterocycles. The van der Waals surface area contributed by atoms with Crippen LogP contribution in [-0.2, 0) is 9.53 Å². The van der Waals surface area contributed by atoms with Gasteiger partial charge in [0.1, 0.15) is 5.78 Å². The fourth-order valence-corrected chi connectivity index (χ4v) is 6.34. The quantitative estimate of drug-likeness (QED) is 0.0437. The van der Waals surface area contributed by atoms with Gasteiger partial charge in [-0.2, -0.15) is 0 Å². The summed E-state index contributed by atoms with van der Waals surface area (Å²) in [6.07, 6.45) is 42.0. The molecule has 0 heterocycles. The van der Waals surface area contributed by atoms with Crippen LogP contribution in [0.2, 0.25) is 0 Å². The van der Waals surface area contributed by atoms with E-state index in [-0.39, 0.29) is 0 Å². The second kappa shape index (κ2) is 48.9. The van der Waals surface area contributed by atoms with Crippen LogP contribution in [-0.4, -0.2) is 19.5 Å². The smallest absolute Gasteiger partial charge is 0.136 e. The van der Waals surface area contributed by atoms with Crippen LogP contribution in [0.3, 0.4) is 0 Å². The van der Waals surface area contributed by atoms with E-state index in [4.69, 9.17) is 4.74 Å². The van der Waals surface area contributed by atoms with E-state index >= 15 is 0 Å². The Balaban J connectivity index is -0.000000292. The maximum Gasteiger partial charge on any atom is 0.136 e. The van der Waals surface area contributed by atoms with Crippen molar-refractivity contribution in [3.05, 3.63) is 12.2 Å². The zero-order chi connectivity index (χ0) is 40.2. The van der Waals surface area contributed by atoms with Crippen molar-refractivity contribution in [2.75, 3.05) is 13.7 Å². The summed E-state index contributed by atoms with van der Waals surface area (Å²) in [5.74, 6) is 2.59. The minimum atomic E-state index is 0.356. The molecule has 0 N–H and O–H groups in total. The van der Waals surface area contributed by atoms with E-state index < -0.39 is 0 Å². The Hall–Kier alpha value is -1.07. The molecule has 0 aromatic heterocycles. The summed E-state index contributed by atoms with van der Waals surface area (Å²) in [5, 5.41) is 0. The number of rotatable bonds is 29. The molecule has 0 aromatic carbocycles. The standard InChI is InChI=1S/C29H56O2.C11H22.C3H8.2C2H6.C2H2/c1-4-6-8-10-13-17-21-26(22-18-14-11-9-7-5-2)27-25-28(27)29(30)23-19-15-12-16-20-24-31-3;1-6-7-8-9-11(4,5)10(2)3;1-3-2;3*1-2/h26-28H,4-25H2,1-3H3;2,6-9H2,1,3-5H3;3H2,1-2H3;2*1-2H3;1-2H. The molecule has 0 saturated heterocycles. The van der Waals surface area contributed by atoms with E-state index in [0.29, 0.717) is 17.1 Å². The first-order chi connectivity index (χ1) is 24.7. The molecule has 1 fully saturated rings. The Morgan fingerprint density at radius 2 is 1.04 bits per heavy atom. The zero-order valence-electron chi connectivity index (χ0n) is 38.0. The number of hydrogen-bond acceptors (Lipinski definition) is 2. The highest BCUT2D eigenvalue weighted by atomic mass is 16.5. The Kier molecular flexibility index (Phi) is 56.8. The third-order valence-corrected chi connectivity index (χ3v) is 10.0. The molecule has 0 radical (unpaired) electrons. The van der Waals surface area contributed by atoms with Crippen molar-refractivity contribution >= 4 is 5.78 Å². The molecule has 1 aliphatic carbocycles. The van der Waals surface area contributed by atoms with Crippen LogP contribution < -0.4 is 0 Å². The lowest BCUT2D eigenvalue weighted by molar-refractivity contribution is -0.120. The summed E-state index contributed by atoms with van der Waals surface area (Å²) < 4.78 is 5.11. The number of ether oxygens (including phenoxy) is 1. The maximum absolute atomic E-state index is 12.7. The Morgan fingerprint density at radius 1 is 0.667 bits per heavy atom.